The van der Waals surface area contributed by atoms with E-state index < -0.39 is 11.9 Å². The standard InChI is InChI=1S/C25H21ClO7/c1-30-19-12-21(32-3)20(31-2)10-16(19)17-11-22(27)33-18-9-8-15(25(29)23(17)18)24(28)13-4-6-14(26)7-5-13/h4-10,12,17,29H,11H2,1-3H3/t17-/m0/s1. The number of aromatic hydroxyl groups is 1. The first-order chi connectivity index (χ1) is 15.9. The van der Waals surface area contributed by atoms with Crippen LogP contribution in [-0.2, 0) is 4.79 Å². The number of halogens is 1. The lowest BCUT2D eigenvalue weighted by Crippen LogP contribution is -2.22. The van der Waals surface area contributed by atoms with Crippen LogP contribution in [0.25, 0.3) is 0 Å². The highest BCUT2D eigenvalue weighted by atomic mass is 35.5. The normalized spacial score (nSPS) is 14.8. The lowest BCUT2D eigenvalue weighted by atomic mass is 9.83. The van der Waals surface area contributed by atoms with Crippen LogP contribution < -0.4 is 18.9 Å². The summed E-state index contributed by atoms with van der Waals surface area (Å²) >= 11 is 5.92. The summed E-state index contributed by atoms with van der Waals surface area (Å²) in [5, 5.41) is 11.7. The number of phenolic OH excluding ortho intramolecular Hbond substituents is 1. The predicted octanol–water partition coefficient (Wildman–Crippen LogP) is 4.74. The van der Waals surface area contributed by atoms with E-state index in [1.165, 1.54) is 33.5 Å². The third-order valence-corrected chi connectivity index (χ3v) is 5.83. The number of ketones is 1. The predicted molar refractivity (Wildman–Crippen MR) is 121 cm³/mol. The quantitative estimate of drug-likeness (QED) is 0.317. The van der Waals surface area contributed by atoms with Gasteiger partial charge >= 0.3 is 5.97 Å². The van der Waals surface area contributed by atoms with Crippen molar-refractivity contribution >= 4 is 23.4 Å². The van der Waals surface area contributed by atoms with Gasteiger partial charge < -0.3 is 24.1 Å². The maximum atomic E-state index is 13.1. The SMILES string of the molecule is COc1cc(OC)c([C@@H]2CC(=O)Oc3ccc(C(=O)c4ccc(Cl)cc4)c(O)c32)cc1OC. The van der Waals surface area contributed by atoms with Gasteiger partial charge in [0, 0.05) is 33.7 Å². The van der Waals surface area contributed by atoms with Crippen LogP contribution in [0.5, 0.6) is 28.7 Å². The minimum Gasteiger partial charge on any atom is -0.507 e. The monoisotopic (exact) mass is 468 g/mol. The summed E-state index contributed by atoms with van der Waals surface area (Å²) in [6.45, 7) is 0. The van der Waals surface area contributed by atoms with Crippen molar-refractivity contribution in [3.8, 4) is 28.7 Å². The van der Waals surface area contributed by atoms with Crippen LogP contribution in [0.3, 0.4) is 0 Å². The van der Waals surface area contributed by atoms with Crippen LogP contribution in [0.4, 0.5) is 0 Å². The molecule has 0 aromatic heterocycles. The third kappa shape index (κ3) is 4.07. The second-order valence-corrected chi connectivity index (χ2v) is 7.83. The number of ether oxygens (including phenoxy) is 4. The molecular weight excluding hydrogens is 448 g/mol. The van der Waals surface area contributed by atoms with Crippen LogP contribution in [-0.4, -0.2) is 38.2 Å². The molecule has 0 amide bonds. The fraction of sp³-hybridized carbons (Fsp3) is 0.200. The Bertz CT molecular complexity index is 1230. The van der Waals surface area contributed by atoms with Crippen molar-refractivity contribution in [2.75, 3.05) is 21.3 Å². The molecule has 0 saturated heterocycles. The molecule has 0 bridgehead atoms. The number of hydrogen-bond donors (Lipinski definition) is 1. The second-order valence-electron chi connectivity index (χ2n) is 7.39. The Hall–Kier alpha value is -3.71. The van der Waals surface area contributed by atoms with Crippen LogP contribution in [0.2, 0.25) is 5.02 Å². The van der Waals surface area contributed by atoms with Crippen molar-refractivity contribution in [1.29, 1.82) is 0 Å². The van der Waals surface area contributed by atoms with Gasteiger partial charge in [-0.2, -0.15) is 0 Å². The van der Waals surface area contributed by atoms with Gasteiger partial charge in [-0.1, -0.05) is 11.6 Å². The van der Waals surface area contributed by atoms with E-state index in [9.17, 15) is 14.7 Å². The highest BCUT2D eigenvalue weighted by molar-refractivity contribution is 6.30. The molecule has 33 heavy (non-hydrogen) atoms. The van der Waals surface area contributed by atoms with Gasteiger partial charge in [0.2, 0.25) is 0 Å². The van der Waals surface area contributed by atoms with E-state index in [4.69, 9.17) is 30.5 Å². The number of carbonyl (C=O) groups excluding carboxylic acids is 2. The van der Waals surface area contributed by atoms with Gasteiger partial charge in [-0.3, -0.25) is 9.59 Å². The molecule has 3 aromatic carbocycles. The molecule has 4 rings (SSSR count). The summed E-state index contributed by atoms with van der Waals surface area (Å²) in [7, 11) is 4.50. The van der Waals surface area contributed by atoms with E-state index in [1.807, 2.05) is 0 Å². The average Bonchev–Trinajstić information content (AvgIpc) is 2.82. The maximum absolute atomic E-state index is 13.1. The van der Waals surface area contributed by atoms with Gasteiger partial charge in [0.15, 0.2) is 17.3 Å². The van der Waals surface area contributed by atoms with Crippen molar-refractivity contribution in [2.45, 2.75) is 12.3 Å². The molecule has 1 aliphatic rings. The van der Waals surface area contributed by atoms with Crippen LogP contribution in [0, 0.1) is 0 Å². The first kappa shape index (κ1) is 22.5. The Morgan fingerprint density at radius 3 is 2.24 bits per heavy atom. The van der Waals surface area contributed by atoms with Crippen LogP contribution >= 0.6 is 11.6 Å². The lowest BCUT2D eigenvalue weighted by Gasteiger charge is -2.28. The first-order valence-corrected chi connectivity index (χ1v) is 10.4. The summed E-state index contributed by atoms with van der Waals surface area (Å²) < 4.78 is 21.7. The molecule has 8 heteroatoms. The van der Waals surface area contributed by atoms with Gasteiger partial charge in [0.25, 0.3) is 0 Å². The van der Waals surface area contributed by atoms with E-state index >= 15 is 0 Å². The molecule has 1 heterocycles. The number of esters is 1. The van der Waals surface area contributed by atoms with E-state index in [0.29, 0.717) is 39.0 Å². The van der Waals surface area contributed by atoms with Crippen molar-refractivity contribution in [2.24, 2.45) is 0 Å². The molecule has 0 aliphatic carbocycles. The van der Waals surface area contributed by atoms with E-state index in [0.717, 1.165) is 0 Å². The number of benzene rings is 3. The highest BCUT2D eigenvalue weighted by Crippen LogP contribution is 2.49. The highest BCUT2D eigenvalue weighted by Gasteiger charge is 2.35. The number of phenols is 1. The minimum absolute atomic E-state index is 0.0645. The third-order valence-electron chi connectivity index (χ3n) is 5.58. The molecule has 3 aromatic rings. The van der Waals surface area contributed by atoms with Crippen molar-refractivity contribution in [1.82, 2.24) is 0 Å². The van der Waals surface area contributed by atoms with Gasteiger partial charge in [0.1, 0.15) is 17.2 Å². The number of rotatable bonds is 6. The van der Waals surface area contributed by atoms with E-state index in [-0.39, 0.29) is 29.3 Å². The Balaban J connectivity index is 1.88. The molecule has 0 radical (unpaired) electrons. The Morgan fingerprint density at radius 2 is 1.61 bits per heavy atom. The first-order valence-electron chi connectivity index (χ1n) is 10.0. The molecule has 0 unspecified atom stereocenters. The Labute approximate surface area is 195 Å². The van der Waals surface area contributed by atoms with Crippen LogP contribution in [0.1, 0.15) is 39.4 Å². The van der Waals surface area contributed by atoms with Crippen molar-refractivity contribution in [3.05, 3.63) is 75.8 Å². The minimum atomic E-state index is -0.644. The molecule has 0 saturated carbocycles. The summed E-state index contributed by atoms with van der Waals surface area (Å²) in [6.07, 6.45) is -0.0645. The number of hydrogen-bond acceptors (Lipinski definition) is 7. The van der Waals surface area contributed by atoms with Crippen LogP contribution in [0.15, 0.2) is 48.5 Å². The fourth-order valence-corrected chi connectivity index (χ4v) is 4.10. The van der Waals surface area contributed by atoms with Gasteiger partial charge in [-0.05, 0) is 42.5 Å². The second kappa shape index (κ2) is 9.03. The molecule has 1 aliphatic heterocycles. The lowest BCUT2D eigenvalue weighted by molar-refractivity contribution is -0.135. The molecule has 0 fully saturated rings. The fourth-order valence-electron chi connectivity index (χ4n) is 3.98. The number of methoxy groups -OCH3 is 3. The molecule has 1 N–H and O–H groups in total. The van der Waals surface area contributed by atoms with E-state index in [2.05, 4.69) is 0 Å². The van der Waals surface area contributed by atoms with Crippen molar-refractivity contribution < 1.29 is 33.6 Å². The number of fused-ring (bicyclic) bond motifs is 1. The smallest absolute Gasteiger partial charge is 0.312 e. The van der Waals surface area contributed by atoms with Gasteiger partial charge in [0.05, 0.1) is 33.3 Å². The summed E-state index contributed by atoms with van der Waals surface area (Å²) in [5.74, 6) is -0.266. The average molecular weight is 469 g/mol. The Kier molecular flexibility index (Phi) is 6.16. The zero-order valence-electron chi connectivity index (χ0n) is 18.2. The zero-order chi connectivity index (χ0) is 23.7. The van der Waals surface area contributed by atoms with Gasteiger partial charge in [-0.25, -0.2) is 0 Å². The van der Waals surface area contributed by atoms with Gasteiger partial charge in [-0.15, -0.1) is 0 Å². The molecule has 170 valence electrons. The molecule has 1 atom stereocenters. The Morgan fingerprint density at radius 1 is 0.970 bits per heavy atom. The van der Waals surface area contributed by atoms with E-state index in [1.54, 1.807) is 36.4 Å². The summed E-state index contributed by atoms with van der Waals surface area (Å²) in [4.78, 5) is 25.5. The molecule has 7 nitrogen and oxygen atoms in total. The largest absolute Gasteiger partial charge is 0.507 e. The summed E-state index contributed by atoms with van der Waals surface area (Å²) in [6, 6.07) is 12.6. The summed E-state index contributed by atoms with van der Waals surface area (Å²) in [5.41, 5.74) is 1.35. The topological polar surface area (TPSA) is 91.3 Å². The van der Waals surface area contributed by atoms with Crippen molar-refractivity contribution in [3.63, 3.8) is 0 Å². The molecule has 0 spiro atoms. The molecular formula is C25H21ClO7. The number of carbonyl (C=O) groups is 2. The zero-order valence-corrected chi connectivity index (χ0v) is 18.9. The maximum Gasteiger partial charge on any atom is 0.312 e.